The fourth-order valence-electron chi connectivity index (χ4n) is 4.52. The zero-order valence-corrected chi connectivity index (χ0v) is 19.1. The predicted molar refractivity (Wildman–Crippen MR) is 133 cm³/mol. The molecular weight excluding hydrogens is 414 g/mol. The van der Waals surface area contributed by atoms with Gasteiger partial charge in [-0.2, -0.15) is 0 Å². The van der Waals surface area contributed by atoms with Crippen molar-refractivity contribution in [2.24, 2.45) is 7.05 Å². The number of methoxy groups -OCH3 is 1. The van der Waals surface area contributed by atoms with Crippen molar-refractivity contribution in [3.8, 4) is 5.75 Å². The van der Waals surface area contributed by atoms with Gasteiger partial charge in [0.25, 0.3) is 0 Å². The number of hydrogen-bond acceptors (Lipinski definition) is 5. The normalized spacial score (nSPS) is 11.3. The molecule has 0 aliphatic heterocycles. The summed E-state index contributed by atoms with van der Waals surface area (Å²) in [5, 5.41) is 7.65. The summed E-state index contributed by atoms with van der Waals surface area (Å²) < 4.78 is 12.7. The minimum atomic E-state index is -0.436. The van der Waals surface area contributed by atoms with Crippen molar-refractivity contribution in [3.63, 3.8) is 0 Å². The number of anilines is 2. The molecule has 0 aliphatic rings. The Labute approximate surface area is 191 Å². The highest BCUT2D eigenvalue weighted by Crippen LogP contribution is 2.38. The van der Waals surface area contributed by atoms with Gasteiger partial charge in [0.2, 0.25) is 0 Å². The number of fused-ring (bicyclic) bond motifs is 4. The van der Waals surface area contributed by atoms with Gasteiger partial charge in [-0.25, -0.2) is 9.78 Å². The van der Waals surface area contributed by atoms with Crippen molar-refractivity contribution >= 4 is 50.1 Å². The fourth-order valence-corrected chi connectivity index (χ4v) is 4.52. The van der Waals surface area contributed by atoms with E-state index in [-0.39, 0.29) is 5.69 Å². The number of para-hydroxylation sites is 1. The molecule has 0 spiro atoms. The molecule has 33 heavy (non-hydrogen) atoms. The van der Waals surface area contributed by atoms with E-state index < -0.39 is 5.97 Å². The van der Waals surface area contributed by atoms with Gasteiger partial charge in [0.05, 0.1) is 19.2 Å². The van der Waals surface area contributed by atoms with Gasteiger partial charge in [-0.1, -0.05) is 18.2 Å². The van der Waals surface area contributed by atoms with E-state index in [1.807, 2.05) is 36.4 Å². The molecule has 0 amide bonds. The molecule has 0 fully saturated rings. The maximum Gasteiger partial charge on any atom is 0.357 e. The predicted octanol–water partition coefficient (Wildman–Crippen LogP) is 6.12. The number of nitrogens with one attached hydrogen (secondary N) is 1. The molecule has 0 bridgehead atoms. The molecule has 0 unspecified atom stereocenters. The van der Waals surface area contributed by atoms with Crippen LogP contribution in [0.4, 0.5) is 11.5 Å². The van der Waals surface area contributed by atoms with Gasteiger partial charge in [-0.3, -0.25) is 0 Å². The Bertz CT molecular complexity index is 1520. The number of rotatable bonds is 5. The molecule has 6 nitrogen and oxygen atoms in total. The van der Waals surface area contributed by atoms with Gasteiger partial charge in [0, 0.05) is 34.4 Å². The number of carbonyl (C=O) groups excluding carboxylic acids is 1. The summed E-state index contributed by atoms with van der Waals surface area (Å²) in [6, 6.07) is 20.0. The van der Waals surface area contributed by atoms with Gasteiger partial charge in [-0.15, -0.1) is 0 Å². The Kier molecular flexibility index (Phi) is 5.13. The minimum absolute atomic E-state index is 0.279. The maximum absolute atomic E-state index is 12.6. The molecule has 0 saturated heterocycles. The van der Waals surface area contributed by atoms with Crippen molar-refractivity contribution in [1.29, 1.82) is 0 Å². The van der Waals surface area contributed by atoms with E-state index in [1.165, 1.54) is 5.39 Å². The summed E-state index contributed by atoms with van der Waals surface area (Å²) >= 11 is 0. The topological polar surface area (TPSA) is 65.4 Å². The number of esters is 1. The van der Waals surface area contributed by atoms with E-state index in [2.05, 4.69) is 53.1 Å². The standard InChI is InChI=1S/C27H25N3O3/c1-5-33-27(31)23-15-20-16(2)25-21(19-8-6-7-9-24(19)30(25)3)14-22(20)26(29-23)28-17-10-12-18(32-4)13-11-17/h6-15H,5H2,1-4H3,(H,28,29). The molecule has 1 N–H and O–H groups in total. The first-order valence-electron chi connectivity index (χ1n) is 10.9. The smallest absolute Gasteiger partial charge is 0.357 e. The molecule has 5 aromatic rings. The van der Waals surface area contributed by atoms with Crippen molar-refractivity contribution in [3.05, 3.63) is 71.9 Å². The summed E-state index contributed by atoms with van der Waals surface area (Å²) in [7, 11) is 3.71. The molecule has 0 saturated carbocycles. The van der Waals surface area contributed by atoms with Crippen LogP contribution in [0.1, 0.15) is 23.0 Å². The van der Waals surface area contributed by atoms with Gasteiger partial charge in [0.1, 0.15) is 11.6 Å². The largest absolute Gasteiger partial charge is 0.497 e. The Morgan fingerprint density at radius 3 is 2.48 bits per heavy atom. The summed E-state index contributed by atoms with van der Waals surface area (Å²) in [6.07, 6.45) is 0. The van der Waals surface area contributed by atoms with Crippen LogP contribution in [-0.4, -0.2) is 29.2 Å². The molecule has 0 radical (unpaired) electrons. The van der Waals surface area contributed by atoms with Crippen LogP contribution >= 0.6 is 0 Å². The second-order valence-electron chi connectivity index (χ2n) is 8.00. The van der Waals surface area contributed by atoms with Crippen LogP contribution in [0.25, 0.3) is 32.6 Å². The summed E-state index contributed by atoms with van der Waals surface area (Å²) in [4.78, 5) is 17.3. The minimum Gasteiger partial charge on any atom is -0.497 e. The van der Waals surface area contributed by atoms with E-state index in [0.717, 1.165) is 44.2 Å². The van der Waals surface area contributed by atoms with Crippen LogP contribution < -0.4 is 10.1 Å². The first-order chi connectivity index (χ1) is 16.0. The first-order valence-corrected chi connectivity index (χ1v) is 10.9. The zero-order chi connectivity index (χ0) is 23.1. The third-order valence-corrected chi connectivity index (χ3v) is 6.09. The Balaban J connectivity index is 1.80. The third-order valence-electron chi connectivity index (χ3n) is 6.09. The van der Waals surface area contributed by atoms with E-state index in [0.29, 0.717) is 12.4 Å². The quantitative estimate of drug-likeness (QED) is 0.334. The van der Waals surface area contributed by atoms with Crippen LogP contribution in [0.2, 0.25) is 0 Å². The van der Waals surface area contributed by atoms with E-state index in [9.17, 15) is 4.79 Å². The molecule has 5 rings (SSSR count). The molecule has 0 atom stereocenters. The Morgan fingerprint density at radius 1 is 1.00 bits per heavy atom. The lowest BCUT2D eigenvalue weighted by atomic mass is 10.0. The SMILES string of the molecule is CCOC(=O)c1cc2c(C)c3c(cc2c(Nc2ccc(OC)cc2)n1)c1ccccc1n3C. The highest BCUT2D eigenvalue weighted by Gasteiger charge is 2.19. The number of nitrogens with zero attached hydrogens (tertiary/aromatic N) is 2. The number of benzene rings is 3. The number of aromatic nitrogens is 2. The Morgan fingerprint density at radius 2 is 1.76 bits per heavy atom. The zero-order valence-electron chi connectivity index (χ0n) is 19.1. The lowest BCUT2D eigenvalue weighted by molar-refractivity contribution is 0.0520. The molecule has 2 heterocycles. The van der Waals surface area contributed by atoms with E-state index >= 15 is 0 Å². The van der Waals surface area contributed by atoms with Gasteiger partial charge < -0.3 is 19.4 Å². The van der Waals surface area contributed by atoms with Gasteiger partial charge >= 0.3 is 5.97 Å². The van der Waals surface area contributed by atoms with Crippen LogP contribution in [0, 0.1) is 6.92 Å². The number of pyridine rings is 1. The van der Waals surface area contributed by atoms with Crippen LogP contribution in [0.5, 0.6) is 5.75 Å². The fraction of sp³-hybridized carbons (Fsp3) is 0.185. The molecule has 3 aromatic carbocycles. The third kappa shape index (κ3) is 3.44. The first kappa shape index (κ1) is 20.8. The molecule has 2 aromatic heterocycles. The van der Waals surface area contributed by atoms with Gasteiger partial charge in [-0.05, 0) is 67.3 Å². The lowest BCUT2D eigenvalue weighted by Gasteiger charge is -2.14. The van der Waals surface area contributed by atoms with Crippen LogP contribution in [0.15, 0.2) is 60.7 Å². The van der Waals surface area contributed by atoms with Crippen LogP contribution in [-0.2, 0) is 11.8 Å². The van der Waals surface area contributed by atoms with Crippen molar-refractivity contribution in [1.82, 2.24) is 9.55 Å². The average molecular weight is 440 g/mol. The van der Waals surface area contributed by atoms with E-state index in [4.69, 9.17) is 9.47 Å². The highest BCUT2D eigenvalue weighted by atomic mass is 16.5. The molecule has 6 heteroatoms. The number of aryl methyl sites for hydroxylation is 2. The Hall–Kier alpha value is -4.06. The summed E-state index contributed by atoms with van der Waals surface area (Å²) in [5.41, 5.74) is 4.52. The van der Waals surface area contributed by atoms with Crippen molar-refractivity contribution in [2.75, 3.05) is 19.0 Å². The highest BCUT2D eigenvalue weighted by molar-refractivity contribution is 6.16. The van der Waals surface area contributed by atoms with Gasteiger partial charge in [0.15, 0.2) is 5.69 Å². The lowest BCUT2D eigenvalue weighted by Crippen LogP contribution is -2.09. The average Bonchev–Trinajstić information content (AvgIpc) is 3.12. The molecule has 166 valence electrons. The van der Waals surface area contributed by atoms with E-state index in [1.54, 1.807) is 14.0 Å². The second kappa shape index (κ2) is 8.13. The van der Waals surface area contributed by atoms with Crippen LogP contribution in [0.3, 0.4) is 0 Å². The molecule has 0 aliphatic carbocycles. The molecular formula is C27H25N3O3. The number of carbonyl (C=O) groups is 1. The van der Waals surface area contributed by atoms with Crippen molar-refractivity contribution in [2.45, 2.75) is 13.8 Å². The second-order valence-corrected chi connectivity index (χ2v) is 8.00. The van der Waals surface area contributed by atoms with Crippen molar-refractivity contribution < 1.29 is 14.3 Å². The monoisotopic (exact) mass is 439 g/mol. The number of hydrogen-bond donors (Lipinski definition) is 1. The maximum atomic E-state index is 12.6. The summed E-state index contributed by atoms with van der Waals surface area (Å²) in [5.74, 6) is 0.944. The summed E-state index contributed by atoms with van der Waals surface area (Å²) in [6.45, 7) is 4.18. The number of ether oxygens (including phenoxy) is 2.